The van der Waals surface area contributed by atoms with E-state index in [-0.39, 0.29) is 5.84 Å². The third kappa shape index (κ3) is 7.61. The lowest BCUT2D eigenvalue weighted by molar-refractivity contribution is 0.752. The molecule has 1 spiro atoms. The van der Waals surface area contributed by atoms with E-state index in [0.717, 1.165) is 50.4 Å². The number of nitrogens with two attached hydrogens (primary N) is 1. The van der Waals surface area contributed by atoms with E-state index >= 15 is 0 Å². The van der Waals surface area contributed by atoms with E-state index in [1.807, 2.05) is 30.3 Å². The van der Waals surface area contributed by atoms with Gasteiger partial charge in [-0.05, 0) is 119 Å². The number of para-hydroxylation sites is 3. The maximum atomic E-state index is 8.57. The quantitative estimate of drug-likeness (QED) is 0.130. The van der Waals surface area contributed by atoms with Crippen LogP contribution in [-0.2, 0) is 12.0 Å². The summed E-state index contributed by atoms with van der Waals surface area (Å²) in [6, 6.07) is 70.4. The van der Waals surface area contributed by atoms with Crippen molar-refractivity contribution in [3.05, 3.63) is 251 Å². The maximum absolute atomic E-state index is 8.57. The molecule has 4 nitrogen and oxygen atoms in total. The molecule has 4 heteroatoms. The zero-order chi connectivity index (χ0) is 42.3. The molecule has 0 bridgehead atoms. The van der Waals surface area contributed by atoms with Gasteiger partial charge in [-0.2, -0.15) is 0 Å². The fourth-order valence-corrected chi connectivity index (χ4v) is 8.80. The number of nitrogens with zero attached hydrogens (tertiary/aromatic N) is 2. The first-order valence-corrected chi connectivity index (χ1v) is 20.8. The third-order valence-electron chi connectivity index (χ3n) is 11.7. The normalized spacial score (nSPS) is 12.6. The first-order chi connectivity index (χ1) is 29.9. The number of hydrogen-bond donors (Lipinski definition) is 2. The van der Waals surface area contributed by atoms with Crippen molar-refractivity contribution in [1.82, 2.24) is 0 Å². The third-order valence-corrected chi connectivity index (χ3v) is 11.7. The Kier molecular flexibility index (Phi) is 11.7. The molecule has 1 heterocycles. The standard InChI is InChI=1S/C38H27N3.C12H15N.C7H8/c39-37(40)28-16-11-19-33-36(28)29-24-26(25-12-3-1-4-13-25)22-23-30(29)38(33)31-17-7-9-20-34(31)41(27-14-5-2-6-15-27)35-21-10-8-18-32(35)38;1-4-10(2)12-7-5-11(6-8-12)9-13-3;1-7-5-3-2-4-6-7/h1-24H,(H3,39,40);4-8H,3,9H2,1-2H3;2-6H,1H3/b;10-4+;. The first kappa shape index (κ1) is 40.2. The number of nitrogen functional groups attached to an aromatic ring is 1. The highest BCUT2D eigenvalue weighted by Gasteiger charge is 2.52. The second kappa shape index (κ2) is 17.7. The van der Waals surface area contributed by atoms with Crippen molar-refractivity contribution < 1.29 is 0 Å². The van der Waals surface area contributed by atoms with Gasteiger partial charge in [0.1, 0.15) is 5.84 Å². The maximum Gasteiger partial charge on any atom is 0.123 e. The molecule has 1 aliphatic heterocycles. The number of nitrogens with one attached hydrogen (secondary N) is 1. The largest absolute Gasteiger partial charge is 0.384 e. The van der Waals surface area contributed by atoms with Crippen molar-refractivity contribution in [2.24, 2.45) is 10.7 Å². The van der Waals surface area contributed by atoms with Gasteiger partial charge in [0.05, 0.1) is 23.3 Å². The molecule has 8 aromatic carbocycles. The lowest BCUT2D eigenvalue weighted by Gasteiger charge is -2.45. The highest BCUT2D eigenvalue weighted by Crippen LogP contribution is 2.64. The summed E-state index contributed by atoms with van der Waals surface area (Å²) in [6.07, 6.45) is 2.11. The number of anilines is 3. The monoisotopic (exact) mass is 790 g/mol. The van der Waals surface area contributed by atoms with Crippen molar-refractivity contribution in [2.45, 2.75) is 32.7 Å². The van der Waals surface area contributed by atoms with E-state index in [2.05, 4.69) is 213 Å². The second-order valence-electron chi connectivity index (χ2n) is 15.4. The average molecular weight is 791 g/mol. The second-order valence-corrected chi connectivity index (χ2v) is 15.4. The summed E-state index contributed by atoms with van der Waals surface area (Å²) >= 11 is 0. The number of fused-ring (bicyclic) bond motifs is 9. The van der Waals surface area contributed by atoms with E-state index in [1.165, 1.54) is 39.0 Å². The van der Waals surface area contributed by atoms with Crippen LogP contribution in [0.5, 0.6) is 0 Å². The molecule has 0 unspecified atom stereocenters. The van der Waals surface area contributed by atoms with Crippen LogP contribution in [0.3, 0.4) is 0 Å². The van der Waals surface area contributed by atoms with Crippen LogP contribution in [0.15, 0.2) is 211 Å². The number of amidine groups is 1. The predicted octanol–water partition coefficient (Wildman–Crippen LogP) is 14.1. The zero-order valence-corrected chi connectivity index (χ0v) is 35.0. The first-order valence-electron chi connectivity index (χ1n) is 20.8. The summed E-state index contributed by atoms with van der Waals surface area (Å²) in [7, 11) is 0. The molecule has 3 N–H and O–H groups in total. The Bertz CT molecular complexity index is 2790. The van der Waals surface area contributed by atoms with E-state index < -0.39 is 5.41 Å². The number of rotatable bonds is 6. The molecule has 8 aromatic rings. The van der Waals surface area contributed by atoms with Gasteiger partial charge in [0.25, 0.3) is 0 Å². The highest BCUT2D eigenvalue weighted by atomic mass is 15.2. The van der Waals surface area contributed by atoms with E-state index in [9.17, 15) is 0 Å². The molecule has 0 radical (unpaired) electrons. The number of allylic oxidation sites excluding steroid dienone is 2. The summed E-state index contributed by atoms with van der Waals surface area (Å²) in [5.41, 5.74) is 24.3. The molecule has 2 aliphatic rings. The Hall–Kier alpha value is -7.56. The molecule has 0 saturated heterocycles. The van der Waals surface area contributed by atoms with Crippen molar-refractivity contribution in [3.8, 4) is 22.3 Å². The van der Waals surface area contributed by atoms with Crippen LogP contribution in [0, 0.1) is 12.3 Å². The van der Waals surface area contributed by atoms with Gasteiger partial charge in [-0.15, -0.1) is 0 Å². The topological polar surface area (TPSA) is 65.5 Å². The molecule has 0 fully saturated rings. The summed E-state index contributed by atoms with van der Waals surface area (Å²) in [5, 5.41) is 8.57. The van der Waals surface area contributed by atoms with E-state index in [1.54, 1.807) is 0 Å². The van der Waals surface area contributed by atoms with Gasteiger partial charge in [-0.25, -0.2) is 0 Å². The Morgan fingerprint density at radius 1 is 0.623 bits per heavy atom. The SMILES string of the molecule is C=NCc1ccc(/C(C)=C/C)cc1.Cc1ccccc1.N=C(N)c1cccc2c1-c1cc(-c3ccccc3)ccc1C21c2ccccc2N(c2ccccc2)c2ccccc21. The lowest BCUT2D eigenvalue weighted by atomic mass is 9.64. The number of hydrogen-bond acceptors (Lipinski definition) is 3. The molecule has 298 valence electrons. The van der Waals surface area contributed by atoms with Crippen LogP contribution < -0.4 is 10.6 Å². The predicted molar refractivity (Wildman–Crippen MR) is 259 cm³/mol. The van der Waals surface area contributed by atoms with Gasteiger partial charge in [0, 0.05) is 11.3 Å². The van der Waals surface area contributed by atoms with Crippen molar-refractivity contribution >= 4 is 35.2 Å². The van der Waals surface area contributed by atoms with E-state index in [4.69, 9.17) is 11.1 Å². The van der Waals surface area contributed by atoms with E-state index in [0.29, 0.717) is 6.54 Å². The fourth-order valence-electron chi connectivity index (χ4n) is 8.80. The van der Waals surface area contributed by atoms with Crippen molar-refractivity contribution in [2.75, 3.05) is 4.90 Å². The molecule has 0 amide bonds. The van der Waals surface area contributed by atoms with Crippen LogP contribution in [-0.4, -0.2) is 12.6 Å². The van der Waals surface area contributed by atoms with Crippen molar-refractivity contribution in [3.63, 3.8) is 0 Å². The van der Waals surface area contributed by atoms with Gasteiger partial charge in [-0.3, -0.25) is 10.4 Å². The van der Waals surface area contributed by atoms with Crippen LogP contribution >= 0.6 is 0 Å². The van der Waals surface area contributed by atoms with Crippen molar-refractivity contribution in [1.29, 1.82) is 5.41 Å². The van der Waals surface area contributed by atoms with Crippen LogP contribution in [0.25, 0.3) is 27.8 Å². The molecular weight excluding hydrogens is 741 g/mol. The molecule has 61 heavy (non-hydrogen) atoms. The van der Waals surface area contributed by atoms with Gasteiger partial charge < -0.3 is 10.6 Å². The number of benzene rings is 8. The Balaban J connectivity index is 0.000000212. The average Bonchev–Trinajstić information content (AvgIpc) is 3.60. The number of aliphatic imine (C=N–C) groups is 1. The molecule has 0 atom stereocenters. The molecule has 10 rings (SSSR count). The highest BCUT2D eigenvalue weighted by molar-refractivity contribution is 6.07. The summed E-state index contributed by atoms with van der Waals surface area (Å²) < 4.78 is 0. The minimum Gasteiger partial charge on any atom is -0.384 e. The van der Waals surface area contributed by atoms with Gasteiger partial charge in [0.15, 0.2) is 0 Å². The van der Waals surface area contributed by atoms with Gasteiger partial charge in [-0.1, -0.05) is 181 Å². The summed E-state index contributed by atoms with van der Waals surface area (Å²) in [6.45, 7) is 10.4. The van der Waals surface area contributed by atoms with Gasteiger partial charge >= 0.3 is 0 Å². The molecule has 1 aliphatic carbocycles. The molecule has 0 aromatic heterocycles. The lowest BCUT2D eigenvalue weighted by Crippen LogP contribution is -2.36. The molecular formula is C57H50N4. The minimum atomic E-state index is -0.566. The van der Waals surface area contributed by atoms with Gasteiger partial charge in [0.2, 0.25) is 0 Å². The summed E-state index contributed by atoms with van der Waals surface area (Å²) in [5.74, 6) is 0.0817. The Labute approximate surface area is 360 Å². The van der Waals surface area contributed by atoms with Crippen LogP contribution in [0.2, 0.25) is 0 Å². The van der Waals surface area contributed by atoms with Crippen LogP contribution in [0.1, 0.15) is 58.4 Å². The number of aryl methyl sites for hydroxylation is 1. The Morgan fingerprint density at radius 3 is 1.74 bits per heavy atom. The fraction of sp³-hybridized carbons (Fsp3) is 0.0877. The summed E-state index contributed by atoms with van der Waals surface area (Å²) in [4.78, 5) is 6.21. The molecule has 0 saturated carbocycles. The van der Waals surface area contributed by atoms with Crippen LogP contribution in [0.4, 0.5) is 17.1 Å². The minimum absolute atomic E-state index is 0.0817. The Morgan fingerprint density at radius 2 is 1.18 bits per heavy atom. The zero-order valence-electron chi connectivity index (χ0n) is 35.0. The smallest absolute Gasteiger partial charge is 0.123 e.